The van der Waals surface area contributed by atoms with Crippen LogP contribution in [0.3, 0.4) is 0 Å². The minimum absolute atomic E-state index is 0.0860. The summed E-state index contributed by atoms with van der Waals surface area (Å²) in [6.45, 7) is 0.607. The molecular weight excluding hydrogens is 445 g/mol. The second-order valence-electron chi connectivity index (χ2n) is 8.58. The summed E-state index contributed by atoms with van der Waals surface area (Å²) in [5.41, 5.74) is -2.32. The van der Waals surface area contributed by atoms with Crippen LogP contribution in [0.5, 0.6) is 0 Å². The highest BCUT2D eigenvalue weighted by molar-refractivity contribution is 5.94. The maximum absolute atomic E-state index is 14.1. The summed E-state index contributed by atoms with van der Waals surface area (Å²) in [6, 6.07) is 7.73. The van der Waals surface area contributed by atoms with Crippen molar-refractivity contribution in [1.29, 1.82) is 5.26 Å². The fourth-order valence-corrected chi connectivity index (χ4v) is 4.87. The minimum Gasteiger partial charge on any atom is -0.396 e. The summed E-state index contributed by atoms with van der Waals surface area (Å²) in [5.74, 6) is -2.52. The number of nitriles is 1. The molecule has 33 heavy (non-hydrogen) atoms. The van der Waals surface area contributed by atoms with Gasteiger partial charge in [-0.1, -0.05) is 0 Å². The number of carbonyl (C=O) groups excluding carboxylic acids is 1. The van der Waals surface area contributed by atoms with E-state index in [0.717, 1.165) is 24.3 Å². The number of hydrogen-bond acceptors (Lipinski definition) is 4. The zero-order chi connectivity index (χ0) is 24.0. The first-order valence-electron chi connectivity index (χ1n) is 10.3. The number of benzene rings is 2. The lowest BCUT2D eigenvalue weighted by Crippen LogP contribution is -2.52. The van der Waals surface area contributed by atoms with Crippen molar-refractivity contribution in [3.8, 4) is 6.07 Å². The number of likely N-dealkylation sites (tertiary alicyclic amines) is 1. The number of halogens is 5. The third kappa shape index (κ3) is 4.13. The summed E-state index contributed by atoms with van der Waals surface area (Å²) in [4.78, 5) is 16.0. The third-order valence-electron chi connectivity index (χ3n) is 6.62. The maximum Gasteiger partial charge on any atom is 0.417 e. The van der Waals surface area contributed by atoms with Crippen molar-refractivity contribution in [1.82, 2.24) is 4.90 Å². The van der Waals surface area contributed by atoms with Gasteiger partial charge in [-0.05, 0) is 42.7 Å². The van der Waals surface area contributed by atoms with E-state index in [-0.39, 0.29) is 43.4 Å². The standard InChI is InChI=1S/C23H20F5N3O2/c24-16-2-4-18(20(25)7-16)21(33)30-6-5-15-10-31(12-22(15,11-30)13-32)17-3-1-14(9-29)19(8-17)23(26,27)28/h1-4,7-8,15,32H,5-6,10-13H2/t15-,22+/m0/s1. The first-order valence-corrected chi connectivity index (χ1v) is 10.3. The van der Waals surface area contributed by atoms with Gasteiger partial charge < -0.3 is 14.9 Å². The number of nitrogens with zero attached hydrogens (tertiary/aromatic N) is 3. The van der Waals surface area contributed by atoms with Crippen molar-refractivity contribution in [2.75, 3.05) is 37.7 Å². The van der Waals surface area contributed by atoms with E-state index >= 15 is 0 Å². The normalized spacial score (nSPS) is 22.8. The van der Waals surface area contributed by atoms with Crippen molar-refractivity contribution in [3.63, 3.8) is 0 Å². The van der Waals surface area contributed by atoms with Crippen LogP contribution >= 0.6 is 0 Å². The Morgan fingerprint density at radius 3 is 2.58 bits per heavy atom. The molecule has 0 radical (unpaired) electrons. The Kier molecular flexibility index (Phi) is 5.78. The van der Waals surface area contributed by atoms with Gasteiger partial charge in [-0.3, -0.25) is 4.79 Å². The highest BCUT2D eigenvalue weighted by Crippen LogP contribution is 2.45. The average molecular weight is 465 g/mol. The van der Waals surface area contributed by atoms with Gasteiger partial charge in [0.15, 0.2) is 0 Å². The molecule has 2 heterocycles. The van der Waals surface area contributed by atoms with Crippen LogP contribution in [0.4, 0.5) is 27.6 Å². The predicted molar refractivity (Wildman–Crippen MR) is 108 cm³/mol. The zero-order valence-corrected chi connectivity index (χ0v) is 17.4. The molecule has 0 spiro atoms. The van der Waals surface area contributed by atoms with Crippen molar-refractivity contribution >= 4 is 11.6 Å². The molecule has 0 aromatic heterocycles. The number of amides is 1. The highest BCUT2D eigenvalue weighted by atomic mass is 19.4. The molecule has 2 saturated heterocycles. The highest BCUT2D eigenvalue weighted by Gasteiger charge is 2.50. The number of anilines is 1. The Balaban J connectivity index is 1.59. The SMILES string of the molecule is N#Cc1ccc(N2C[C@@H]3CCN(C(=O)c4ccc(F)cc4F)C[C@]3(CO)C2)cc1C(F)(F)F. The van der Waals surface area contributed by atoms with Gasteiger partial charge >= 0.3 is 6.18 Å². The molecule has 5 nitrogen and oxygen atoms in total. The van der Waals surface area contributed by atoms with Crippen LogP contribution in [0.25, 0.3) is 0 Å². The molecule has 2 aromatic carbocycles. The molecule has 174 valence electrons. The van der Waals surface area contributed by atoms with Gasteiger partial charge in [-0.25, -0.2) is 8.78 Å². The van der Waals surface area contributed by atoms with Crippen molar-refractivity contribution in [2.45, 2.75) is 12.6 Å². The minimum atomic E-state index is -4.69. The van der Waals surface area contributed by atoms with Crippen molar-refractivity contribution in [3.05, 3.63) is 64.7 Å². The van der Waals surface area contributed by atoms with Crippen LogP contribution < -0.4 is 4.90 Å². The molecule has 0 bridgehead atoms. The van der Waals surface area contributed by atoms with E-state index in [2.05, 4.69) is 0 Å². The quantitative estimate of drug-likeness (QED) is 0.700. The molecule has 0 aliphatic carbocycles. The van der Waals surface area contributed by atoms with Gasteiger partial charge in [0.25, 0.3) is 5.91 Å². The fraction of sp³-hybridized carbons (Fsp3) is 0.391. The van der Waals surface area contributed by atoms with Crippen molar-refractivity contribution < 1.29 is 31.9 Å². The number of fused-ring (bicyclic) bond motifs is 1. The number of alkyl halides is 3. The van der Waals surface area contributed by atoms with E-state index in [4.69, 9.17) is 5.26 Å². The summed E-state index contributed by atoms with van der Waals surface area (Å²) in [6.07, 6.45) is -4.22. The van der Waals surface area contributed by atoms with Crippen LogP contribution in [0.1, 0.15) is 27.9 Å². The van der Waals surface area contributed by atoms with Gasteiger partial charge in [0.05, 0.1) is 29.4 Å². The molecule has 2 aromatic rings. The predicted octanol–water partition coefficient (Wildman–Crippen LogP) is 3.82. The van der Waals surface area contributed by atoms with Gasteiger partial charge in [-0.15, -0.1) is 0 Å². The van der Waals surface area contributed by atoms with E-state index in [1.165, 1.54) is 11.0 Å². The Morgan fingerprint density at radius 1 is 1.18 bits per heavy atom. The lowest BCUT2D eigenvalue weighted by Gasteiger charge is -2.43. The van der Waals surface area contributed by atoms with E-state index < -0.39 is 40.3 Å². The molecule has 2 aliphatic rings. The van der Waals surface area contributed by atoms with E-state index in [1.54, 1.807) is 11.0 Å². The second kappa shape index (κ2) is 8.30. The Hall–Kier alpha value is -3.19. The van der Waals surface area contributed by atoms with Crippen LogP contribution in [0.15, 0.2) is 36.4 Å². The second-order valence-corrected chi connectivity index (χ2v) is 8.58. The lowest BCUT2D eigenvalue weighted by atomic mass is 9.74. The molecule has 0 unspecified atom stereocenters. The maximum atomic E-state index is 14.1. The summed E-state index contributed by atoms with van der Waals surface area (Å²) in [7, 11) is 0. The molecule has 2 fully saturated rings. The number of hydrogen-bond donors (Lipinski definition) is 1. The van der Waals surface area contributed by atoms with Crippen LogP contribution in [-0.2, 0) is 6.18 Å². The summed E-state index contributed by atoms with van der Waals surface area (Å²) in [5, 5.41) is 19.2. The molecule has 1 amide bonds. The zero-order valence-electron chi connectivity index (χ0n) is 17.4. The first kappa shape index (κ1) is 23.0. The Bertz CT molecular complexity index is 1130. The van der Waals surface area contributed by atoms with Gasteiger partial charge in [0, 0.05) is 43.3 Å². The molecule has 2 atom stereocenters. The number of carbonyl (C=O) groups is 1. The monoisotopic (exact) mass is 465 g/mol. The van der Waals surface area contributed by atoms with E-state index in [9.17, 15) is 31.9 Å². The number of rotatable bonds is 3. The Labute approximate surface area is 186 Å². The molecular formula is C23H20F5N3O2. The van der Waals surface area contributed by atoms with Crippen LogP contribution in [0.2, 0.25) is 0 Å². The number of aliphatic hydroxyl groups is 1. The third-order valence-corrected chi connectivity index (χ3v) is 6.62. The lowest BCUT2D eigenvalue weighted by molar-refractivity contribution is -0.137. The number of aliphatic hydroxyl groups excluding tert-OH is 1. The largest absolute Gasteiger partial charge is 0.417 e. The van der Waals surface area contributed by atoms with Crippen LogP contribution in [-0.4, -0.2) is 48.7 Å². The van der Waals surface area contributed by atoms with E-state index in [1.807, 2.05) is 0 Å². The fourth-order valence-electron chi connectivity index (χ4n) is 4.87. The summed E-state index contributed by atoms with van der Waals surface area (Å²) < 4.78 is 67.5. The smallest absolute Gasteiger partial charge is 0.396 e. The van der Waals surface area contributed by atoms with Gasteiger partial charge in [0.1, 0.15) is 11.6 Å². The number of piperidine rings is 1. The molecule has 0 saturated carbocycles. The Morgan fingerprint density at radius 2 is 1.94 bits per heavy atom. The molecule has 4 rings (SSSR count). The topological polar surface area (TPSA) is 67.6 Å². The molecule has 10 heteroatoms. The summed E-state index contributed by atoms with van der Waals surface area (Å²) >= 11 is 0. The molecule has 1 N–H and O–H groups in total. The molecule has 2 aliphatic heterocycles. The van der Waals surface area contributed by atoms with Gasteiger partial charge in [-0.2, -0.15) is 18.4 Å². The average Bonchev–Trinajstić information content (AvgIpc) is 3.17. The first-order chi connectivity index (χ1) is 15.6. The van der Waals surface area contributed by atoms with E-state index in [0.29, 0.717) is 19.0 Å². The van der Waals surface area contributed by atoms with Crippen LogP contribution in [0, 0.1) is 34.3 Å². The van der Waals surface area contributed by atoms with Crippen molar-refractivity contribution in [2.24, 2.45) is 11.3 Å². The van der Waals surface area contributed by atoms with Gasteiger partial charge in [0.2, 0.25) is 0 Å².